The SMILES string of the molecule is C[C@](O)(C#C[C@](O)(c1ccccc1)C(F)(F)F)c1ccccc1C(F)(F)F. The van der Waals surface area contributed by atoms with Crippen LogP contribution in [-0.4, -0.2) is 16.4 Å². The van der Waals surface area contributed by atoms with E-state index >= 15 is 0 Å². The Morgan fingerprint density at radius 2 is 1.19 bits per heavy atom. The molecule has 0 heterocycles. The lowest BCUT2D eigenvalue weighted by atomic mass is 9.88. The zero-order chi connectivity index (χ0) is 20.5. The van der Waals surface area contributed by atoms with Crippen LogP contribution >= 0.6 is 0 Å². The Hall–Kier alpha value is -2.50. The van der Waals surface area contributed by atoms with Crippen molar-refractivity contribution in [2.75, 3.05) is 0 Å². The van der Waals surface area contributed by atoms with Crippen molar-refractivity contribution < 1.29 is 36.6 Å². The molecule has 27 heavy (non-hydrogen) atoms. The first-order valence-electron chi connectivity index (χ1n) is 7.57. The molecule has 2 aromatic rings. The lowest BCUT2D eigenvalue weighted by molar-refractivity contribution is -0.240. The lowest BCUT2D eigenvalue weighted by Gasteiger charge is -2.27. The van der Waals surface area contributed by atoms with Crippen LogP contribution in [0.5, 0.6) is 0 Å². The van der Waals surface area contributed by atoms with Crippen LogP contribution < -0.4 is 0 Å². The maximum Gasteiger partial charge on any atom is 0.433 e. The van der Waals surface area contributed by atoms with E-state index in [0.29, 0.717) is 6.07 Å². The van der Waals surface area contributed by atoms with E-state index in [-0.39, 0.29) is 0 Å². The van der Waals surface area contributed by atoms with Gasteiger partial charge in [-0.3, -0.25) is 0 Å². The zero-order valence-corrected chi connectivity index (χ0v) is 13.9. The van der Waals surface area contributed by atoms with E-state index in [1.165, 1.54) is 30.2 Å². The van der Waals surface area contributed by atoms with E-state index in [9.17, 15) is 36.6 Å². The van der Waals surface area contributed by atoms with Crippen LogP contribution in [0, 0.1) is 11.8 Å². The molecule has 0 aliphatic heterocycles. The summed E-state index contributed by atoms with van der Waals surface area (Å²) < 4.78 is 79.6. The van der Waals surface area contributed by atoms with E-state index in [1.807, 2.05) is 0 Å². The smallest absolute Gasteiger partial charge is 0.374 e. The topological polar surface area (TPSA) is 40.5 Å². The molecule has 0 saturated carbocycles. The standard InChI is InChI=1S/C19H14F6O2/c1-16(26,14-9-5-6-10-15(14)18(20,21)22)11-12-17(27,19(23,24)25)13-7-3-2-4-8-13/h2-10,26-27H,1H3/t16-,17-/m0/s1. The minimum absolute atomic E-state index is 0.620. The molecule has 0 radical (unpaired) electrons. The third-order valence-electron chi connectivity index (χ3n) is 3.85. The molecular formula is C19H14F6O2. The predicted molar refractivity (Wildman–Crippen MR) is 85.2 cm³/mol. The molecule has 0 saturated heterocycles. The number of halogens is 6. The normalized spacial score (nSPS) is 16.6. The van der Waals surface area contributed by atoms with Crippen molar-refractivity contribution >= 4 is 0 Å². The highest BCUT2D eigenvalue weighted by Gasteiger charge is 2.54. The Kier molecular flexibility index (Phi) is 5.32. The number of hydrogen-bond donors (Lipinski definition) is 2. The molecule has 8 heteroatoms. The Balaban J connectivity index is 2.60. The number of rotatable bonds is 2. The monoisotopic (exact) mass is 388 g/mol. The van der Waals surface area contributed by atoms with E-state index in [4.69, 9.17) is 0 Å². The van der Waals surface area contributed by atoms with Gasteiger partial charge in [0.05, 0.1) is 5.56 Å². The molecule has 2 N–H and O–H groups in total. The van der Waals surface area contributed by atoms with Crippen LogP contribution in [0.3, 0.4) is 0 Å². The van der Waals surface area contributed by atoms with Crippen molar-refractivity contribution in [2.24, 2.45) is 0 Å². The molecule has 0 aliphatic carbocycles. The summed E-state index contributed by atoms with van der Waals surface area (Å²) in [5.41, 5.74) is -8.84. The maximum atomic E-state index is 13.4. The molecule has 144 valence electrons. The zero-order valence-electron chi connectivity index (χ0n) is 13.9. The van der Waals surface area contributed by atoms with Gasteiger partial charge in [-0.05, 0) is 13.0 Å². The van der Waals surface area contributed by atoms with E-state index in [1.54, 1.807) is 5.92 Å². The molecule has 2 nitrogen and oxygen atoms in total. The summed E-state index contributed by atoms with van der Waals surface area (Å²) in [6, 6.07) is 9.70. The highest BCUT2D eigenvalue weighted by Crippen LogP contribution is 2.40. The van der Waals surface area contributed by atoms with Gasteiger partial charge >= 0.3 is 12.4 Å². The molecule has 0 amide bonds. The highest BCUT2D eigenvalue weighted by atomic mass is 19.4. The van der Waals surface area contributed by atoms with Gasteiger partial charge in [-0.1, -0.05) is 60.4 Å². The molecule has 0 bridgehead atoms. The first kappa shape index (κ1) is 20.8. The van der Waals surface area contributed by atoms with Crippen LogP contribution in [0.25, 0.3) is 0 Å². The Labute approximate surface area is 151 Å². The van der Waals surface area contributed by atoms with E-state index in [0.717, 1.165) is 31.2 Å². The van der Waals surface area contributed by atoms with Gasteiger partial charge in [-0.15, -0.1) is 0 Å². The Bertz CT molecular complexity index is 859. The second-order valence-corrected chi connectivity index (χ2v) is 5.94. The number of aliphatic hydroxyl groups is 2. The molecule has 0 spiro atoms. The molecular weight excluding hydrogens is 374 g/mol. The fourth-order valence-corrected chi connectivity index (χ4v) is 2.42. The van der Waals surface area contributed by atoms with Crippen molar-refractivity contribution in [1.82, 2.24) is 0 Å². The van der Waals surface area contributed by atoms with E-state index < -0.39 is 40.2 Å². The lowest BCUT2D eigenvalue weighted by Crippen LogP contribution is -2.41. The Morgan fingerprint density at radius 3 is 1.67 bits per heavy atom. The third-order valence-corrected chi connectivity index (χ3v) is 3.85. The van der Waals surface area contributed by atoms with Crippen LogP contribution in [0.2, 0.25) is 0 Å². The molecule has 2 atom stereocenters. The number of hydrogen-bond acceptors (Lipinski definition) is 2. The summed E-state index contributed by atoms with van der Waals surface area (Å²) in [5.74, 6) is 3.30. The summed E-state index contributed by atoms with van der Waals surface area (Å²) in [4.78, 5) is 0. The number of alkyl halides is 6. The van der Waals surface area contributed by atoms with Gasteiger partial charge in [-0.25, -0.2) is 0 Å². The average Bonchev–Trinajstić information content (AvgIpc) is 2.59. The Morgan fingerprint density at radius 1 is 0.704 bits per heavy atom. The minimum Gasteiger partial charge on any atom is -0.374 e. The van der Waals surface area contributed by atoms with E-state index in [2.05, 4.69) is 0 Å². The van der Waals surface area contributed by atoms with Crippen molar-refractivity contribution in [3.63, 3.8) is 0 Å². The third kappa shape index (κ3) is 4.26. The first-order valence-corrected chi connectivity index (χ1v) is 7.57. The second kappa shape index (κ2) is 6.91. The first-order chi connectivity index (χ1) is 12.3. The van der Waals surface area contributed by atoms with Crippen molar-refractivity contribution in [1.29, 1.82) is 0 Å². The van der Waals surface area contributed by atoms with Crippen LogP contribution in [0.4, 0.5) is 26.3 Å². The van der Waals surface area contributed by atoms with Crippen molar-refractivity contribution in [3.8, 4) is 11.8 Å². The molecule has 0 unspecified atom stereocenters. The predicted octanol–water partition coefficient (Wildman–Crippen LogP) is 4.37. The minimum atomic E-state index is -5.25. The van der Waals surface area contributed by atoms with Gasteiger partial charge < -0.3 is 10.2 Å². The fourth-order valence-electron chi connectivity index (χ4n) is 2.42. The summed E-state index contributed by atoms with van der Waals surface area (Å²) in [7, 11) is 0. The molecule has 0 aliphatic rings. The highest BCUT2D eigenvalue weighted by molar-refractivity contribution is 5.42. The molecule has 0 aromatic heterocycles. The number of benzene rings is 2. The summed E-state index contributed by atoms with van der Waals surface area (Å²) in [6.07, 6.45) is -10.1. The molecule has 0 fully saturated rings. The largest absolute Gasteiger partial charge is 0.433 e. The van der Waals surface area contributed by atoms with Crippen LogP contribution in [-0.2, 0) is 17.4 Å². The maximum absolute atomic E-state index is 13.4. The molecule has 2 aromatic carbocycles. The fraction of sp³-hybridized carbons (Fsp3) is 0.263. The summed E-state index contributed by atoms with van der Waals surface area (Å²) >= 11 is 0. The second-order valence-electron chi connectivity index (χ2n) is 5.94. The van der Waals surface area contributed by atoms with Gasteiger partial charge in [0.15, 0.2) is 0 Å². The van der Waals surface area contributed by atoms with Gasteiger partial charge in [0, 0.05) is 11.1 Å². The molecule has 2 rings (SSSR count). The van der Waals surface area contributed by atoms with Crippen LogP contribution in [0.15, 0.2) is 54.6 Å². The van der Waals surface area contributed by atoms with Gasteiger partial charge in [0.25, 0.3) is 0 Å². The quantitative estimate of drug-likeness (QED) is 0.593. The summed E-state index contributed by atoms with van der Waals surface area (Å²) in [6.45, 7) is 0.826. The van der Waals surface area contributed by atoms with Gasteiger partial charge in [0.1, 0.15) is 5.60 Å². The van der Waals surface area contributed by atoms with Gasteiger partial charge in [0.2, 0.25) is 5.60 Å². The summed E-state index contributed by atoms with van der Waals surface area (Å²) in [5, 5.41) is 20.5. The van der Waals surface area contributed by atoms with Gasteiger partial charge in [-0.2, -0.15) is 26.3 Å². The van der Waals surface area contributed by atoms with Crippen LogP contribution in [0.1, 0.15) is 23.6 Å². The average molecular weight is 388 g/mol. The van der Waals surface area contributed by atoms with Crippen molar-refractivity contribution in [3.05, 3.63) is 71.3 Å². The van der Waals surface area contributed by atoms with Crippen molar-refractivity contribution in [2.45, 2.75) is 30.5 Å².